The summed E-state index contributed by atoms with van der Waals surface area (Å²) in [5.74, 6) is -0.172. The number of benzene rings is 1. The number of rotatable bonds is 5. The first-order valence-electron chi connectivity index (χ1n) is 8.77. The molecule has 1 heterocycles. The largest absolute Gasteiger partial charge is 0.332 e. The van der Waals surface area contributed by atoms with Crippen molar-refractivity contribution in [2.75, 3.05) is 11.1 Å². The average molecular weight is 362 g/mol. The SMILES string of the molecule is CC1(CCS(=O)(=O)NC(=O)Nc2c3c(cc4c2CCC4)CCC3)N=N1. The zero-order valence-corrected chi connectivity index (χ0v) is 15.1. The molecular formula is C17H22N4O3S. The minimum Gasteiger partial charge on any atom is -0.307 e. The number of fused-ring (bicyclic) bond motifs is 2. The molecule has 1 aromatic rings. The summed E-state index contributed by atoms with van der Waals surface area (Å²) in [5.41, 5.74) is 5.20. The van der Waals surface area contributed by atoms with Crippen LogP contribution in [0.3, 0.4) is 0 Å². The number of carbonyl (C=O) groups is 1. The van der Waals surface area contributed by atoms with E-state index in [1.54, 1.807) is 6.92 Å². The van der Waals surface area contributed by atoms with E-state index >= 15 is 0 Å². The number of urea groups is 1. The first-order chi connectivity index (χ1) is 11.9. The van der Waals surface area contributed by atoms with Crippen molar-refractivity contribution in [3.63, 3.8) is 0 Å². The Hall–Kier alpha value is -1.96. The van der Waals surface area contributed by atoms with Gasteiger partial charge >= 0.3 is 6.03 Å². The Morgan fingerprint density at radius 3 is 2.28 bits per heavy atom. The van der Waals surface area contributed by atoms with Crippen LogP contribution in [0.5, 0.6) is 0 Å². The Bertz CT molecular complexity index is 838. The Labute approximate surface area is 147 Å². The predicted molar refractivity (Wildman–Crippen MR) is 94.3 cm³/mol. The van der Waals surface area contributed by atoms with Crippen LogP contribution in [-0.2, 0) is 35.7 Å². The lowest BCUT2D eigenvalue weighted by molar-refractivity contribution is 0.256. The van der Waals surface area contributed by atoms with Gasteiger partial charge in [-0.25, -0.2) is 17.9 Å². The second kappa shape index (κ2) is 5.79. The summed E-state index contributed by atoms with van der Waals surface area (Å²) in [6, 6.07) is 1.60. The number of hydrogen-bond acceptors (Lipinski definition) is 5. The summed E-state index contributed by atoms with van der Waals surface area (Å²) < 4.78 is 26.4. The van der Waals surface area contributed by atoms with Gasteiger partial charge < -0.3 is 5.32 Å². The standard InChI is InChI=1S/C17H22N4O3S/c1-17(20-21-17)8-9-25(23,24)19-16(22)18-15-13-6-2-4-11(13)10-12-5-3-7-14(12)15/h10H,2-9H2,1H3,(H2,18,19,22). The zero-order valence-electron chi connectivity index (χ0n) is 14.3. The molecule has 134 valence electrons. The highest BCUT2D eigenvalue weighted by molar-refractivity contribution is 7.90. The molecule has 1 aromatic carbocycles. The van der Waals surface area contributed by atoms with Crippen molar-refractivity contribution < 1.29 is 13.2 Å². The zero-order chi connectivity index (χ0) is 17.7. The maximum Gasteiger partial charge on any atom is 0.332 e. The van der Waals surface area contributed by atoms with Crippen LogP contribution in [0.2, 0.25) is 0 Å². The van der Waals surface area contributed by atoms with Gasteiger partial charge in [-0.3, -0.25) is 0 Å². The van der Waals surface area contributed by atoms with Gasteiger partial charge in [-0.15, -0.1) is 0 Å². The number of nitrogens with zero attached hydrogens (tertiary/aromatic N) is 2. The number of nitrogens with one attached hydrogen (secondary N) is 2. The third-order valence-corrected chi connectivity index (χ3v) is 6.48. The van der Waals surface area contributed by atoms with Crippen molar-refractivity contribution in [3.05, 3.63) is 28.3 Å². The van der Waals surface area contributed by atoms with Gasteiger partial charge in [0.1, 0.15) is 0 Å². The van der Waals surface area contributed by atoms with Crippen LogP contribution in [-0.4, -0.2) is 25.9 Å². The molecule has 0 bridgehead atoms. The molecule has 4 rings (SSSR count). The van der Waals surface area contributed by atoms with E-state index in [0.29, 0.717) is 0 Å². The molecule has 3 aliphatic rings. The topological polar surface area (TPSA) is 100.0 Å². The van der Waals surface area contributed by atoms with Gasteiger partial charge in [-0.1, -0.05) is 6.07 Å². The van der Waals surface area contributed by atoms with Crippen molar-refractivity contribution in [2.24, 2.45) is 10.2 Å². The third-order valence-electron chi connectivity index (χ3n) is 5.25. The van der Waals surface area contributed by atoms with Crippen molar-refractivity contribution in [1.82, 2.24) is 4.72 Å². The maximum absolute atomic E-state index is 12.3. The summed E-state index contributed by atoms with van der Waals surface area (Å²) in [4.78, 5) is 12.3. The van der Waals surface area contributed by atoms with Gasteiger partial charge in [0.2, 0.25) is 10.0 Å². The van der Waals surface area contributed by atoms with Crippen LogP contribution in [0, 0.1) is 0 Å². The number of amides is 2. The molecule has 0 spiro atoms. The van der Waals surface area contributed by atoms with Gasteiger partial charge in [0, 0.05) is 12.1 Å². The summed E-state index contributed by atoms with van der Waals surface area (Å²) in [6.45, 7) is 1.76. The second-order valence-corrected chi connectivity index (χ2v) is 9.12. The molecule has 0 radical (unpaired) electrons. The van der Waals surface area contributed by atoms with E-state index in [0.717, 1.165) is 44.2 Å². The smallest absolute Gasteiger partial charge is 0.307 e. The number of aryl methyl sites for hydroxylation is 2. The van der Waals surface area contributed by atoms with Crippen LogP contribution in [0.4, 0.5) is 10.5 Å². The van der Waals surface area contributed by atoms with E-state index in [9.17, 15) is 13.2 Å². The van der Waals surface area contributed by atoms with Crippen LogP contribution < -0.4 is 10.0 Å². The highest BCUT2D eigenvalue weighted by Gasteiger charge is 2.35. The van der Waals surface area contributed by atoms with Crippen LogP contribution in [0.25, 0.3) is 0 Å². The fourth-order valence-electron chi connectivity index (χ4n) is 3.81. The van der Waals surface area contributed by atoms with Crippen molar-refractivity contribution in [2.45, 2.75) is 57.5 Å². The molecule has 2 amide bonds. The molecule has 0 saturated carbocycles. The highest BCUT2D eigenvalue weighted by atomic mass is 32.2. The molecule has 25 heavy (non-hydrogen) atoms. The molecular weight excluding hydrogens is 340 g/mol. The fourth-order valence-corrected chi connectivity index (χ4v) is 4.90. The molecule has 2 N–H and O–H groups in total. The van der Waals surface area contributed by atoms with Crippen LogP contribution >= 0.6 is 0 Å². The molecule has 0 atom stereocenters. The van der Waals surface area contributed by atoms with E-state index in [1.807, 2.05) is 0 Å². The van der Waals surface area contributed by atoms with Gasteiger partial charge in [-0.05, 0) is 67.7 Å². The summed E-state index contributed by atoms with van der Waals surface area (Å²) >= 11 is 0. The lowest BCUT2D eigenvalue weighted by Crippen LogP contribution is -2.37. The van der Waals surface area contributed by atoms with Gasteiger partial charge in [0.15, 0.2) is 5.66 Å². The Morgan fingerprint density at radius 2 is 1.72 bits per heavy atom. The van der Waals surface area contributed by atoms with Gasteiger partial charge in [0.05, 0.1) is 5.75 Å². The molecule has 0 fully saturated rings. The summed E-state index contributed by atoms with van der Waals surface area (Å²) in [7, 11) is -3.70. The van der Waals surface area contributed by atoms with E-state index in [1.165, 1.54) is 22.3 Å². The first-order valence-corrected chi connectivity index (χ1v) is 10.4. The monoisotopic (exact) mass is 362 g/mol. The molecule has 8 heteroatoms. The Kier molecular flexibility index (Phi) is 3.82. The minimum atomic E-state index is -3.70. The Balaban J connectivity index is 1.48. The number of anilines is 1. The van der Waals surface area contributed by atoms with Crippen molar-refractivity contribution in [1.29, 1.82) is 0 Å². The first kappa shape index (κ1) is 16.5. The fraction of sp³-hybridized carbons (Fsp3) is 0.588. The number of carbonyl (C=O) groups excluding carboxylic acids is 1. The number of sulfonamides is 1. The average Bonchev–Trinajstić information content (AvgIpc) is 2.96. The van der Waals surface area contributed by atoms with Crippen LogP contribution in [0.15, 0.2) is 16.3 Å². The lowest BCUT2D eigenvalue weighted by atomic mass is 9.99. The summed E-state index contributed by atoms with van der Waals surface area (Å²) in [6.07, 6.45) is 6.38. The van der Waals surface area contributed by atoms with E-state index < -0.39 is 21.7 Å². The van der Waals surface area contributed by atoms with E-state index in [-0.39, 0.29) is 12.2 Å². The van der Waals surface area contributed by atoms with E-state index in [2.05, 4.69) is 26.3 Å². The molecule has 1 aliphatic heterocycles. The van der Waals surface area contributed by atoms with Crippen LogP contribution in [0.1, 0.15) is 48.4 Å². The lowest BCUT2D eigenvalue weighted by Gasteiger charge is -2.16. The molecule has 7 nitrogen and oxygen atoms in total. The molecule has 2 aliphatic carbocycles. The van der Waals surface area contributed by atoms with Gasteiger partial charge in [-0.2, -0.15) is 10.2 Å². The quantitative estimate of drug-likeness (QED) is 0.842. The predicted octanol–water partition coefficient (Wildman–Crippen LogP) is 2.69. The highest BCUT2D eigenvalue weighted by Crippen LogP contribution is 2.38. The van der Waals surface area contributed by atoms with Gasteiger partial charge in [0.25, 0.3) is 0 Å². The second-order valence-electron chi connectivity index (χ2n) is 7.28. The normalized spacial score (nSPS) is 19.4. The summed E-state index contributed by atoms with van der Waals surface area (Å²) in [5, 5.41) is 10.4. The Morgan fingerprint density at radius 1 is 1.12 bits per heavy atom. The van der Waals surface area contributed by atoms with E-state index in [4.69, 9.17) is 0 Å². The maximum atomic E-state index is 12.3. The third kappa shape index (κ3) is 3.40. The van der Waals surface area contributed by atoms with Crippen molar-refractivity contribution >= 4 is 21.7 Å². The molecule has 0 unspecified atom stereocenters. The number of hydrogen-bond donors (Lipinski definition) is 2. The molecule has 0 saturated heterocycles. The minimum absolute atomic E-state index is 0.172. The molecule has 0 aromatic heterocycles. The van der Waals surface area contributed by atoms with Crippen molar-refractivity contribution in [3.8, 4) is 0 Å².